The topological polar surface area (TPSA) is 93.3 Å². The van der Waals surface area contributed by atoms with Crippen LogP contribution >= 0.6 is 0 Å². The fourth-order valence-corrected chi connectivity index (χ4v) is 3.77. The summed E-state index contributed by atoms with van der Waals surface area (Å²) in [7, 11) is 0. The molecule has 0 saturated heterocycles. The van der Waals surface area contributed by atoms with Crippen molar-refractivity contribution >= 4 is 17.7 Å². The number of amides is 1. The van der Waals surface area contributed by atoms with Crippen LogP contribution in [0.4, 0.5) is 5.69 Å². The summed E-state index contributed by atoms with van der Waals surface area (Å²) in [6.07, 6.45) is 6.73. The lowest BCUT2D eigenvalue weighted by atomic mass is 9.96. The smallest absolute Gasteiger partial charge is 0.259 e. The maximum atomic E-state index is 13.2. The fourth-order valence-electron chi connectivity index (χ4n) is 3.77. The molecule has 0 atom stereocenters. The highest BCUT2D eigenvalue weighted by molar-refractivity contribution is 6.12. The van der Waals surface area contributed by atoms with Gasteiger partial charge in [-0.25, -0.2) is 4.98 Å². The Morgan fingerprint density at radius 2 is 2.00 bits per heavy atom. The van der Waals surface area contributed by atoms with E-state index in [9.17, 15) is 4.79 Å². The van der Waals surface area contributed by atoms with Crippen molar-refractivity contribution in [3.05, 3.63) is 60.1 Å². The van der Waals surface area contributed by atoms with Gasteiger partial charge < -0.3 is 14.4 Å². The van der Waals surface area contributed by atoms with Crippen molar-refractivity contribution < 1.29 is 14.3 Å². The van der Waals surface area contributed by atoms with E-state index in [1.165, 1.54) is 4.68 Å². The highest BCUT2D eigenvalue weighted by Crippen LogP contribution is 2.36. The number of nitrogens with zero attached hydrogens (tertiary/aromatic N) is 5. The van der Waals surface area contributed by atoms with Crippen LogP contribution in [0.15, 0.2) is 43.4 Å². The zero-order chi connectivity index (χ0) is 22.7. The summed E-state index contributed by atoms with van der Waals surface area (Å²) in [4.78, 5) is 19.3. The zero-order valence-electron chi connectivity index (χ0n) is 18.0. The average molecular weight is 429 g/mol. The average Bonchev–Trinajstić information content (AvgIpc) is 3.39. The Kier molecular flexibility index (Phi) is 5.90. The molecule has 3 aromatic rings. The third-order valence-corrected chi connectivity index (χ3v) is 5.15. The van der Waals surface area contributed by atoms with E-state index in [2.05, 4.69) is 16.7 Å². The van der Waals surface area contributed by atoms with Crippen molar-refractivity contribution in [2.75, 3.05) is 18.1 Å². The van der Waals surface area contributed by atoms with Gasteiger partial charge in [-0.05, 0) is 48.7 Å². The first kappa shape index (κ1) is 21.1. The van der Waals surface area contributed by atoms with Gasteiger partial charge in [0, 0.05) is 18.0 Å². The van der Waals surface area contributed by atoms with Crippen LogP contribution in [0.1, 0.15) is 35.3 Å². The summed E-state index contributed by atoms with van der Waals surface area (Å²) in [5.74, 6) is 0.923. The van der Waals surface area contributed by atoms with E-state index < -0.39 is 0 Å². The largest absolute Gasteiger partial charge is 0.488 e. The van der Waals surface area contributed by atoms with Crippen LogP contribution in [0.2, 0.25) is 0 Å². The van der Waals surface area contributed by atoms with Crippen LogP contribution < -0.4 is 14.4 Å². The molecule has 0 spiro atoms. The van der Waals surface area contributed by atoms with E-state index in [0.29, 0.717) is 42.6 Å². The van der Waals surface area contributed by atoms with Crippen LogP contribution in [0.3, 0.4) is 0 Å². The van der Waals surface area contributed by atoms with Crippen molar-refractivity contribution in [2.24, 2.45) is 0 Å². The first-order valence-electron chi connectivity index (χ1n) is 10.4. The van der Waals surface area contributed by atoms with E-state index in [4.69, 9.17) is 14.7 Å². The minimum absolute atomic E-state index is 0.113. The standard InChI is InChI=1S/C24H23N5O3/c1-4-16-9-17(18-11-21(31-5-2)23(26-12-18)32-6-3)10-19-14-29(24(30)22(16)19)20-13-27-28(15-20)8-7-25/h4,9-13,15H,1,5-6,8,14H2,2-3H3. The Balaban J connectivity index is 1.72. The number of hydrogen-bond acceptors (Lipinski definition) is 6. The Morgan fingerprint density at radius 3 is 2.72 bits per heavy atom. The van der Waals surface area contributed by atoms with Crippen LogP contribution in [0.25, 0.3) is 17.2 Å². The third-order valence-electron chi connectivity index (χ3n) is 5.15. The Bertz CT molecular complexity index is 1220. The van der Waals surface area contributed by atoms with Crippen molar-refractivity contribution in [2.45, 2.75) is 26.9 Å². The quantitative estimate of drug-likeness (QED) is 0.536. The molecule has 1 amide bonds. The van der Waals surface area contributed by atoms with Crippen LogP contribution in [-0.2, 0) is 13.1 Å². The molecule has 0 N–H and O–H groups in total. The predicted octanol–water partition coefficient (Wildman–Crippen LogP) is 4.07. The van der Waals surface area contributed by atoms with Crippen LogP contribution in [-0.4, -0.2) is 33.9 Å². The third kappa shape index (κ3) is 3.81. The SMILES string of the molecule is C=Cc1cc(-c2cnc(OCC)c(OCC)c2)cc2c1C(=O)N(c1cnn(CC#N)c1)C2. The summed E-state index contributed by atoms with van der Waals surface area (Å²) in [5.41, 5.74) is 4.68. The lowest BCUT2D eigenvalue weighted by Crippen LogP contribution is -2.22. The summed E-state index contributed by atoms with van der Waals surface area (Å²) in [6, 6.07) is 7.87. The summed E-state index contributed by atoms with van der Waals surface area (Å²) < 4.78 is 12.8. The van der Waals surface area contributed by atoms with E-state index in [0.717, 1.165) is 22.3 Å². The Morgan fingerprint density at radius 1 is 1.19 bits per heavy atom. The zero-order valence-corrected chi connectivity index (χ0v) is 18.0. The molecule has 0 fully saturated rings. The van der Waals surface area contributed by atoms with Gasteiger partial charge in [-0.3, -0.25) is 9.48 Å². The monoisotopic (exact) mass is 429 g/mol. The molecule has 1 aromatic carbocycles. The van der Waals surface area contributed by atoms with E-state index in [1.807, 2.05) is 38.1 Å². The molecule has 0 radical (unpaired) electrons. The molecule has 4 rings (SSSR count). The van der Waals surface area contributed by atoms with E-state index in [-0.39, 0.29) is 12.5 Å². The van der Waals surface area contributed by atoms with Gasteiger partial charge in [-0.1, -0.05) is 12.7 Å². The number of carbonyl (C=O) groups is 1. The maximum absolute atomic E-state index is 13.2. The molecule has 0 aliphatic carbocycles. The van der Waals surface area contributed by atoms with Gasteiger partial charge in [-0.15, -0.1) is 0 Å². The van der Waals surface area contributed by atoms with Crippen molar-refractivity contribution in [1.82, 2.24) is 14.8 Å². The van der Waals surface area contributed by atoms with Gasteiger partial charge in [0.2, 0.25) is 0 Å². The van der Waals surface area contributed by atoms with Crippen LogP contribution in [0, 0.1) is 11.3 Å². The summed E-state index contributed by atoms with van der Waals surface area (Å²) in [6.45, 7) is 9.24. The number of fused-ring (bicyclic) bond motifs is 1. The normalized spacial score (nSPS) is 12.4. The second kappa shape index (κ2) is 8.94. The number of nitriles is 1. The molecule has 162 valence electrons. The minimum Gasteiger partial charge on any atom is -0.488 e. The number of aromatic nitrogens is 3. The molecule has 32 heavy (non-hydrogen) atoms. The number of benzene rings is 1. The molecule has 2 aromatic heterocycles. The molecule has 1 aliphatic rings. The summed E-state index contributed by atoms with van der Waals surface area (Å²) >= 11 is 0. The number of carbonyl (C=O) groups excluding carboxylic acids is 1. The maximum Gasteiger partial charge on any atom is 0.259 e. The molecule has 3 heterocycles. The lowest BCUT2D eigenvalue weighted by Gasteiger charge is -2.12. The number of anilines is 1. The fraction of sp³-hybridized carbons (Fsp3) is 0.250. The number of rotatable bonds is 8. The van der Waals surface area contributed by atoms with Crippen molar-refractivity contribution in [1.29, 1.82) is 5.26 Å². The highest BCUT2D eigenvalue weighted by atomic mass is 16.5. The molecule has 8 heteroatoms. The number of hydrogen-bond donors (Lipinski definition) is 0. The van der Waals surface area contributed by atoms with Gasteiger partial charge in [0.25, 0.3) is 11.8 Å². The second-order valence-electron chi connectivity index (χ2n) is 7.14. The number of ether oxygens (including phenoxy) is 2. The van der Waals surface area contributed by atoms with Gasteiger partial charge in [0.1, 0.15) is 6.54 Å². The van der Waals surface area contributed by atoms with Crippen LogP contribution in [0.5, 0.6) is 11.6 Å². The second-order valence-corrected chi connectivity index (χ2v) is 7.14. The molecule has 0 unspecified atom stereocenters. The lowest BCUT2D eigenvalue weighted by molar-refractivity contribution is 0.0996. The summed E-state index contributed by atoms with van der Waals surface area (Å²) in [5, 5.41) is 13.0. The molecule has 0 bridgehead atoms. The molecule has 0 saturated carbocycles. The first-order chi connectivity index (χ1) is 15.6. The van der Waals surface area contributed by atoms with Gasteiger partial charge in [-0.2, -0.15) is 10.4 Å². The molecular weight excluding hydrogens is 406 g/mol. The molecule has 8 nitrogen and oxygen atoms in total. The minimum atomic E-state index is -0.113. The predicted molar refractivity (Wildman–Crippen MR) is 120 cm³/mol. The number of pyridine rings is 1. The van der Waals surface area contributed by atoms with Gasteiger partial charge in [0.05, 0.1) is 43.3 Å². The molecular formula is C24H23N5O3. The van der Waals surface area contributed by atoms with E-state index in [1.54, 1.807) is 29.6 Å². The Labute approximate surface area is 186 Å². The van der Waals surface area contributed by atoms with Gasteiger partial charge in [0.15, 0.2) is 5.75 Å². The van der Waals surface area contributed by atoms with E-state index >= 15 is 0 Å². The Hall–Kier alpha value is -4.12. The van der Waals surface area contributed by atoms with Crippen molar-refractivity contribution in [3.8, 4) is 28.8 Å². The highest BCUT2D eigenvalue weighted by Gasteiger charge is 2.32. The van der Waals surface area contributed by atoms with Gasteiger partial charge >= 0.3 is 0 Å². The first-order valence-corrected chi connectivity index (χ1v) is 10.4. The molecule has 1 aliphatic heterocycles. The van der Waals surface area contributed by atoms with Crippen molar-refractivity contribution in [3.63, 3.8) is 0 Å².